The lowest BCUT2D eigenvalue weighted by molar-refractivity contribution is -0.121. The van der Waals surface area contributed by atoms with Crippen molar-refractivity contribution in [3.8, 4) is 0 Å². The van der Waals surface area contributed by atoms with Crippen molar-refractivity contribution in [1.82, 2.24) is 15.2 Å². The van der Waals surface area contributed by atoms with E-state index >= 15 is 0 Å². The first kappa shape index (κ1) is 19.2. The molecule has 2 N–H and O–H groups in total. The summed E-state index contributed by atoms with van der Waals surface area (Å²) >= 11 is 1.39. The summed E-state index contributed by atoms with van der Waals surface area (Å²) in [6.07, 6.45) is 3.77. The molecule has 2 heterocycles. The van der Waals surface area contributed by atoms with Gasteiger partial charge in [-0.05, 0) is 37.1 Å². The number of nitrogens with zero attached hydrogens (tertiary/aromatic N) is 2. The lowest BCUT2D eigenvalue weighted by Gasteiger charge is -2.21. The SMILES string of the molecule is O=C(CCN(C(=O)c1csc(Nc2ccccc2)n1)C1CC1)NCc1ccco1. The van der Waals surface area contributed by atoms with Gasteiger partial charge in [-0.1, -0.05) is 18.2 Å². The summed E-state index contributed by atoms with van der Waals surface area (Å²) in [5.41, 5.74) is 1.34. The van der Waals surface area contributed by atoms with Crippen LogP contribution < -0.4 is 10.6 Å². The molecule has 3 aromatic rings. The van der Waals surface area contributed by atoms with E-state index in [-0.39, 0.29) is 24.3 Å². The molecule has 0 saturated heterocycles. The van der Waals surface area contributed by atoms with Gasteiger partial charge in [-0.3, -0.25) is 9.59 Å². The van der Waals surface area contributed by atoms with Crippen LogP contribution in [-0.2, 0) is 11.3 Å². The van der Waals surface area contributed by atoms with Crippen LogP contribution in [0.3, 0.4) is 0 Å². The largest absolute Gasteiger partial charge is 0.467 e. The van der Waals surface area contributed by atoms with Gasteiger partial charge in [0.15, 0.2) is 5.13 Å². The number of rotatable bonds is 9. The van der Waals surface area contributed by atoms with Crippen molar-refractivity contribution >= 4 is 34.0 Å². The van der Waals surface area contributed by atoms with E-state index in [1.807, 2.05) is 36.4 Å². The number of amides is 2. The number of aromatic nitrogens is 1. The van der Waals surface area contributed by atoms with Crippen LogP contribution in [0.25, 0.3) is 0 Å². The molecule has 0 atom stereocenters. The van der Waals surface area contributed by atoms with Gasteiger partial charge in [-0.2, -0.15) is 0 Å². The molecule has 0 spiro atoms. The number of para-hydroxylation sites is 1. The maximum absolute atomic E-state index is 12.9. The molecule has 1 fully saturated rings. The second kappa shape index (κ2) is 8.91. The molecule has 29 heavy (non-hydrogen) atoms. The van der Waals surface area contributed by atoms with Gasteiger partial charge >= 0.3 is 0 Å². The van der Waals surface area contributed by atoms with Crippen LogP contribution in [-0.4, -0.2) is 34.3 Å². The van der Waals surface area contributed by atoms with E-state index in [0.29, 0.717) is 29.7 Å². The number of furan rings is 1. The first-order valence-corrected chi connectivity index (χ1v) is 10.4. The summed E-state index contributed by atoms with van der Waals surface area (Å²) in [7, 11) is 0. The number of carbonyl (C=O) groups excluding carboxylic acids is 2. The van der Waals surface area contributed by atoms with Crippen LogP contribution in [0.2, 0.25) is 0 Å². The summed E-state index contributed by atoms with van der Waals surface area (Å²) in [5.74, 6) is 0.475. The molecular formula is C21H22N4O3S. The average molecular weight is 410 g/mol. The Bertz CT molecular complexity index is 951. The predicted molar refractivity (Wildman–Crippen MR) is 111 cm³/mol. The van der Waals surface area contributed by atoms with Crippen LogP contribution in [0.15, 0.2) is 58.5 Å². The fraction of sp³-hybridized carbons (Fsp3) is 0.286. The maximum atomic E-state index is 12.9. The lowest BCUT2D eigenvalue weighted by atomic mass is 10.3. The molecule has 1 saturated carbocycles. The third-order valence-electron chi connectivity index (χ3n) is 4.62. The van der Waals surface area contributed by atoms with E-state index in [0.717, 1.165) is 18.5 Å². The lowest BCUT2D eigenvalue weighted by Crippen LogP contribution is -2.37. The van der Waals surface area contributed by atoms with Gasteiger partial charge in [0.25, 0.3) is 5.91 Å². The normalized spacial score (nSPS) is 13.1. The molecule has 0 bridgehead atoms. The van der Waals surface area contributed by atoms with Crippen molar-refractivity contribution in [3.05, 3.63) is 65.6 Å². The fourth-order valence-electron chi connectivity index (χ4n) is 2.97. The zero-order valence-corrected chi connectivity index (χ0v) is 16.7. The Hall–Kier alpha value is -3.13. The summed E-state index contributed by atoms with van der Waals surface area (Å²) in [5, 5.41) is 8.46. The van der Waals surface area contributed by atoms with Crippen LogP contribution in [0.5, 0.6) is 0 Å². The van der Waals surface area contributed by atoms with E-state index in [1.165, 1.54) is 11.3 Å². The van der Waals surface area contributed by atoms with E-state index < -0.39 is 0 Å². The van der Waals surface area contributed by atoms with Crippen molar-refractivity contribution in [1.29, 1.82) is 0 Å². The average Bonchev–Trinajstić information content (AvgIpc) is 3.24. The van der Waals surface area contributed by atoms with Gasteiger partial charge in [0.1, 0.15) is 11.5 Å². The zero-order chi connectivity index (χ0) is 20.1. The highest BCUT2D eigenvalue weighted by atomic mass is 32.1. The second-order valence-electron chi connectivity index (χ2n) is 6.86. The number of benzene rings is 1. The van der Waals surface area contributed by atoms with Gasteiger partial charge in [-0.15, -0.1) is 11.3 Å². The number of carbonyl (C=O) groups is 2. The first-order chi connectivity index (χ1) is 14.2. The molecule has 1 aromatic carbocycles. The molecule has 8 heteroatoms. The monoisotopic (exact) mass is 410 g/mol. The molecule has 1 aliphatic rings. The maximum Gasteiger partial charge on any atom is 0.273 e. The molecule has 1 aliphatic carbocycles. The smallest absolute Gasteiger partial charge is 0.273 e. The number of anilines is 2. The second-order valence-corrected chi connectivity index (χ2v) is 7.72. The Labute approximate surface area is 172 Å². The highest BCUT2D eigenvalue weighted by Gasteiger charge is 2.34. The van der Waals surface area contributed by atoms with Crippen LogP contribution >= 0.6 is 11.3 Å². The van der Waals surface area contributed by atoms with Crippen molar-refractivity contribution in [3.63, 3.8) is 0 Å². The minimum Gasteiger partial charge on any atom is -0.467 e. The Balaban J connectivity index is 1.32. The summed E-state index contributed by atoms with van der Waals surface area (Å²) in [6.45, 7) is 0.732. The van der Waals surface area contributed by atoms with Gasteiger partial charge < -0.3 is 20.0 Å². The van der Waals surface area contributed by atoms with Crippen molar-refractivity contribution in [2.75, 3.05) is 11.9 Å². The molecule has 7 nitrogen and oxygen atoms in total. The summed E-state index contributed by atoms with van der Waals surface area (Å²) in [4.78, 5) is 31.3. The Morgan fingerprint density at radius 1 is 1.17 bits per heavy atom. The summed E-state index contributed by atoms with van der Waals surface area (Å²) < 4.78 is 5.21. The first-order valence-electron chi connectivity index (χ1n) is 9.57. The Morgan fingerprint density at radius 3 is 2.72 bits per heavy atom. The third-order valence-corrected chi connectivity index (χ3v) is 5.37. The van der Waals surface area contributed by atoms with Crippen molar-refractivity contribution in [2.45, 2.75) is 31.8 Å². The van der Waals surface area contributed by atoms with E-state index in [9.17, 15) is 9.59 Å². The summed E-state index contributed by atoms with van der Waals surface area (Å²) in [6, 6.07) is 13.5. The number of hydrogen-bond acceptors (Lipinski definition) is 6. The fourth-order valence-corrected chi connectivity index (χ4v) is 3.67. The predicted octanol–water partition coefficient (Wildman–Crippen LogP) is 3.79. The molecule has 0 radical (unpaired) electrons. The highest BCUT2D eigenvalue weighted by molar-refractivity contribution is 7.14. The minimum absolute atomic E-state index is 0.107. The molecule has 2 amide bonds. The van der Waals surface area contributed by atoms with E-state index in [1.54, 1.807) is 22.6 Å². The Morgan fingerprint density at radius 2 is 2.00 bits per heavy atom. The molecule has 0 aliphatic heterocycles. The van der Waals surface area contributed by atoms with Crippen molar-refractivity contribution in [2.24, 2.45) is 0 Å². The highest BCUT2D eigenvalue weighted by Crippen LogP contribution is 2.29. The zero-order valence-electron chi connectivity index (χ0n) is 15.8. The number of thiazole rings is 1. The van der Waals surface area contributed by atoms with Gasteiger partial charge in [-0.25, -0.2) is 4.98 Å². The number of hydrogen-bond donors (Lipinski definition) is 2. The van der Waals surface area contributed by atoms with Gasteiger partial charge in [0.2, 0.25) is 5.91 Å². The molecule has 150 valence electrons. The molecule has 4 rings (SSSR count). The van der Waals surface area contributed by atoms with Crippen LogP contribution in [0.4, 0.5) is 10.8 Å². The van der Waals surface area contributed by atoms with Crippen LogP contribution in [0.1, 0.15) is 35.5 Å². The minimum atomic E-state index is -0.122. The topological polar surface area (TPSA) is 87.5 Å². The molecule has 0 unspecified atom stereocenters. The Kier molecular flexibility index (Phi) is 5.90. The molecular weight excluding hydrogens is 388 g/mol. The number of nitrogens with one attached hydrogen (secondary N) is 2. The quantitative estimate of drug-likeness (QED) is 0.560. The van der Waals surface area contributed by atoms with E-state index in [2.05, 4.69) is 15.6 Å². The van der Waals surface area contributed by atoms with Crippen molar-refractivity contribution < 1.29 is 14.0 Å². The standard InChI is InChI=1S/C21H22N4O3S/c26-19(22-13-17-7-4-12-28-17)10-11-25(16-8-9-16)20(27)18-14-29-21(24-18)23-15-5-2-1-3-6-15/h1-7,12,14,16H,8-11,13H2,(H,22,26)(H,23,24). The third kappa shape index (κ3) is 5.23. The van der Waals surface area contributed by atoms with E-state index in [4.69, 9.17) is 4.42 Å². The molecule has 2 aromatic heterocycles. The van der Waals surface area contributed by atoms with Crippen LogP contribution in [0, 0.1) is 0 Å². The van der Waals surface area contributed by atoms with Gasteiger partial charge in [0.05, 0.1) is 12.8 Å². The van der Waals surface area contributed by atoms with Gasteiger partial charge in [0, 0.05) is 30.1 Å².